The second-order valence-corrected chi connectivity index (χ2v) is 5.52. The Labute approximate surface area is 141 Å². The standard InChI is InChI=1S/C17H17F3N2O3/c1-3-25-16-21-13(9-15(24)22-16)14(23)8-10(2)11-4-6-12(7-5-11)17(18,19)20/h4-7,9-10H,3,8H2,1-2H3,(H,21,22,24)/t10-/m0/s1. The van der Waals surface area contributed by atoms with Crippen LogP contribution in [-0.2, 0) is 6.18 Å². The van der Waals surface area contributed by atoms with Gasteiger partial charge in [0.1, 0.15) is 5.69 Å². The number of rotatable bonds is 6. The molecular weight excluding hydrogens is 337 g/mol. The van der Waals surface area contributed by atoms with Crippen molar-refractivity contribution in [3.8, 4) is 6.01 Å². The van der Waals surface area contributed by atoms with Gasteiger partial charge in [-0.05, 0) is 30.5 Å². The van der Waals surface area contributed by atoms with Gasteiger partial charge < -0.3 is 4.74 Å². The average molecular weight is 354 g/mol. The van der Waals surface area contributed by atoms with Crippen molar-refractivity contribution in [2.24, 2.45) is 0 Å². The lowest BCUT2D eigenvalue weighted by molar-refractivity contribution is -0.137. The van der Waals surface area contributed by atoms with Gasteiger partial charge in [0.25, 0.3) is 11.6 Å². The van der Waals surface area contributed by atoms with Crippen LogP contribution in [0.2, 0.25) is 0 Å². The predicted octanol–water partition coefficient (Wildman–Crippen LogP) is 3.56. The Hall–Kier alpha value is -2.64. The van der Waals surface area contributed by atoms with E-state index in [-0.39, 0.29) is 36.4 Å². The van der Waals surface area contributed by atoms with E-state index in [9.17, 15) is 22.8 Å². The van der Waals surface area contributed by atoms with Gasteiger partial charge in [0.2, 0.25) is 0 Å². The first-order chi connectivity index (χ1) is 11.7. The predicted molar refractivity (Wildman–Crippen MR) is 84.8 cm³/mol. The Morgan fingerprint density at radius 2 is 1.92 bits per heavy atom. The fourth-order valence-corrected chi connectivity index (χ4v) is 2.28. The minimum Gasteiger partial charge on any atom is -0.465 e. The molecule has 0 saturated heterocycles. The number of benzene rings is 1. The Kier molecular flexibility index (Phi) is 5.61. The molecule has 0 fully saturated rings. The van der Waals surface area contributed by atoms with E-state index in [0.29, 0.717) is 5.56 Å². The molecule has 0 amide bonds. The number of aromatic nitrogens is 2. The van der Waals surface area contributed by atoms with Crippen LogP contribution in [0.25, 0.3) is 0 Å². The normalized spacial score (nSPS) is 12.7. The summed E-state index contributed by atoms with van der Waals surface area (Å²) in [5.74, 6) is -0.717. The molecule has 1 heterocycles. The van der Waals surface area contributed by atoms with Gasteiger partial charge in [-0.1, -0.05) is 19.1 Å². The molecule has 0 radical (unpaired) electrons. The number of Topliss-reactive ketones (excluding diaryl/α,β-unsaturated/α-hetero) is 1. The highest BCUT2D eigenvalue weighted by Gasteiger charge is 2.30. The van der Waals surface area contributed by atoms with E-state index in [0.717, 1.165) is 18.2 Å². The number of ether oxygens (including phenoxy) is 1. The molecule has 0 spiro atoms. The van der Waals surface area contributed by atoms with Crippen LogP contribution in [0, 0.1) is 0 Å². The number of ketones is 1. The summed E-state index contributed by atoms with van der Waals surface area (Å²) in [7, 11) is 0. The Balaban J connectivity index is 2.13. The van der Waals surface area contributed by atoms with Crippen LogP contribution >= 0.6 is 0 Å². The zero-order chi connectivity index (χ0) is 18.6. The lowest BCUT2D eigenvalue weighted by atomic mass is 9.94. The molecule has 1 aromatic heterocycles. The number of carbonyl (C=O) groups excluding carboxylic acids is 1. The molecule has 0 aliphatic carbocycles. The molecule has 5 nitrogen and oxygen atoms in total. The van der Waals surface area contributed by atoms with Crippen molar-refractivity contribution < 1.29 is 22.7 Å². The molecule has 0 unspecified atom stereocenters. The summed E-state index contributed by atoms with van der Waals surface area (Å²) in [6.07, 6.45) is -4.39. The van der Waals surface area contributed by atoms with Crippen LogP contribution in [-0.4, -0.2) is 22.4 Å². The van der Waals surface area contributed by atoms with Gasteiger partial charge in [-0.25, -0.2) is 0 Å². The fraction of sp³-hybridized carbons (Fsp3) is 0.353. The molecule has 1 aromatic carbocycles. The SMILES string of the molecule is CCOc1nc(C(=O)C[C@H](C)c2ccc(C(F)(F)F)cc2)cc(=O)[nH]1. The number of carbonyl (C=O) groups is 1. The van der Waals surface area contributed by atoms with Crippen LogP contribution < -0.4 is 10.3 Å². The van der Waals surface area contributed by atoms with Crippen molar-refractivity contribution in [2.45, 2.75) is 32.4 Å². The van der Waals surface area contributed by atoms with Gasteiger partial charge in [0, 0.05) is 12.5 Å². The maximum Gasteiger partial charge on any atom is 0.416 e. The number of halogens is 3. The minimum atomic E-state index is -4.40. The Bertz CT molecular complexity index is 798. The summed E-state index contributed by atoms with van der Waals surface area (Å²) in [5.41, 5.74) is -0.696. The van der Waals surface area contributed by atoms with Crippen molar-refractivity contribution in [3.05, 3.63) is 57.5 Å². The van der Waals surface area contributed by atoms with Gasteiger partial charge in [0.15, 0.2) is 5.78 Å². The second-order valence-electron chi connectivity index (χ2n) is 5.52. The molecule has 0 saturated carbocycles. The lowest BCUT2D eigenvalue weighted by Gasteiger charge is -2.13. The lowest BCUT2D eigenvalue weighted by Crippen LogP contribution is -2.16. The molecule has 1 N–H and O–H groups in total. The molecule has 0 aliphatic rings. The summed E-state index contributed by atoms with van der Waals surface area (Å²) >= 11 is 0. The van der Waals surface area contributed by atoms with Crippen molar-refractivity contribution in [1.29, 1.82) is 0 Å². The molecule has 0 aliphatic heterocycles. The zero-order valence-electron chi connectivity index (χ0n) is 13.7. The van der Waals surface area contributed by atoms with Crippen LogP contribution in [0.1, 0.15) is 47.8 Å². The minimum absolute atomic E-state index is 0.00732. The first-order valence-corrected chi connectivity index (χ1v) is 7.65. The number of alkyl halides is 3. The summed E-state index contributed by atoms with van der Waals surface area (Å²) in [6, 6.07) is 5.68. The van der Waals surface area contributed by atoms with Crippen molar-refractivity contribution in [3.63, 3.8) is 0 Å². The topological polar surface area (TPSA) is 72.0 Å². The van der Waals surface area contributed by atoms with E-state index in [1.54, 1.807) is 13.8 Å². The fourth-order valence-electron chi connectivity index (χ4n) is 2.28. The summed E-state index contributed by atoms with van der Waals surface area (Å²) in [4.78, 5) is 30.2. The maximum atomic E-state index is 12.6. The Morgan fingerprint density at radius 3 is 2.48 bits per heavy atom. The van der Waals surface area contributed by atoms with E-state index in [1.807, 2.05) is 0 Å². The number of hydrogen-bond acceptors (Lipinski definition) is 4. The summed E-state index contributed by atoms with van der Waals surface area (Å²) < 4.78 is 42.8. The van der Waals surface area contributed by atoms with E-state index >= 15 is 0 Å². The van der Waals surface area contributed by atoms with Gasteiger partial charge >= 0.3 is 6.18 Å². The van der Waals surface area contributed by atoms with Crippen molar-refractivity contribution in [2.75, 3.05) is 6.61 Å². The zero-order valence-corrected chi connectivity index (χ0v) is 13.7. The van der Waals surface area contributed by atoms with Crippen LogP contribution in [0.3, 0.4) is 0 Å². The first-order valence-electron chi connectivity index (χ1n) is 7.65. The highest BCUT2D eigenvalue weighted by molar-refractivity contribution is 5.94. The van der Waals surface area contributed by atoms with Crippen LogP contribution in [0.4, 0.5) is 13.2 Å². The molecule has 2 aromatic rings. The van der Waals surface area contributed by atoms with Crippen LogP contribution in [0.15, 0.2) is 35.1 Å². The van der Waals surface area contributed by atoms with Gasteiger partial charge in [0.05, 0.1) is 12.2 Å². The van der Waals surface area contributed by atoms with E-state index < -0.39 is 17.3 Å². The molecule has 1 atom stereocenters. The van der Waals surface area contributed by atoms with E-state index in [2.05, 4.69) is 9.97 Å². The van der Waals surface area contributed by atoms with E-state index in [4.69, 9.17) is 4.74 Å². The quantitative estimate of drug-likeness (QED) is 0.805. The third kappa shape index (κ3) is 4.91. The van der Waals surface area contributed by atoms with Crippen LogP contribution in [0.5, 0.6) is 6.01 Å². The van der Waals surface area contributed by atoms with Gasteiger partial charge in [-0.2, -0.15) is 18.2 Å². The monoisotopic (exact) mass is 354 g/mol. The van der Waals surface area contributed by atoms with Gasteiger partial charge in [-0.15, -0.1) is 0 Å². The third-order valence-corrected chi connectivity index (χ3v) is 3.59. The van der Waals surface area contributed by atoms with E-state index in [1.165, 1.54) is 12.1 Å². The number of nitrogens with one attached hydrogen (secondary N) is 1. The highest BCUT2D eigenvalue weighted by Crippen LogP contribution is 2.30. The summed E-state index contributed by atoms with van der Waals surface area (Å²) in [6.45, 7) is 3.71. The molecule has 25 heavy (non-hydrogen) atoms. The van der Waals surface area contributed by atoms with Crippen molar-refractivity contribution >= 4 is 5.78 Å². The number of aromatic amines is 1. The average Bonchev–Trinajstić information content (AvgIpc) is 2.54. The Morgan fingerprint density at radius 1 is 1.28 bits per heavy atom. The highest BCUT2D eigenvalue weighted by atomic mass is 19.4. The summed E-state index contributed by atoms with van der Waals surface area (Å²) in [5, 5.41) is 0. The molecule has 0 bridgehead atoms. The second kappa shape index (κ2) is 7.50. The first kappa shape index (κ1) is 18.7. The molecular formula is C17H17F3N2O3. The van der Waals surface area contributed by atoms with Gasteiger partial charge in [-0.3, -0.25) is 14.6 Å². The maximum absolute atomic E-state index is 12.6. The number of nitrogens with zero attached hydrogens (tertiary/aromatic N) is 1. The number of hydrogen-bond donors (Lipinski definition) is 1. The largest absolute Gasteiger partial charge is 0.465 e. The smallest absolute Gasteiger partial charge is 0.416 e. The third-order valence-electron chi connectivity index (χ3n) is 3.59. The van der Waals surface area contributed by atoms with Crippen molar-refractivity contribution in [1.82, 2.24) is 9.97 Å². The molecule has 2 rings (SSSR count). The number of H-pyrrole nitrogens is 1. The molecule has 134 valence electrons. The molecule has 8 heteroatoms.